The van der Waals surface area contributed by atoms with Crippen molar-refractivity contribution in [3.05, 3.63) is 24.6 Å². The van der Waals surface area contributed by atoms with Crippen molar-refractivity contribution in [3.8, 4) is 0 Å². The smallest absolute Gasteiger partial charge is 0.0496 e. The van der Waals surface area contributed by atoms with Gasteiger partial charge < -0.3 is 10.6 Å². The highest BCUT2D eigenvalue weighted by Gasteiger charge is 1.95. The van der Waals surface area contributed by atoms with Crippen molar-refractivity contribution in [2.75, 3.05) is 13.1 Å². The van der Waals surface area contributed by atoms with Gasteiger partial charge in [-0.2, -0.15) is 0 Å². The van der Waals surface area contributed by atoms with E-state index >= 15 is 0 Å². The highest BCUT2D eigenvalue weighted by molar-refractivity contribution is 5.21. The highest BCUT2D eigenvalue weighted by atomic mass is 15.0. The summed E-state index contributed by atoms with van der Waals surface area (Å²) in [5.74, 6) is 0. The number of nitrogens with one attached hydrogen (secondary N) is 2. The monoisotopic (exact) mass is 168 g/mol. The first-order chi connectivity index (χ1) is 5.72. The molecule has 0 aromatic carbocycles. The Balaban J connectivity index is 3.55. The van der Waals surface area contributed by atoms with E-state index < -0.39 is 0 Å². The quantitative estimate of drug-likeness (QED) is 0.568. The van der Waals surface area contributed by atoms with Crippen molar-refractivity contribution in [1.29, 1.82) is 0 Å². The van der Waals surface area contributed by atoms with Crippen LogP contribution in [0.3, 0.4) is 0 Å². The zero-order chi connectivity index (χ0) is 9.40. The average molecular weight is 168 g/mol. The van der Waals surface area contributed by atoms with Gasteiger partial charge in [-0.3, -0.25) is 0 Å². The lowest BCUT2D eigenvalue weighted by Gasteiger charge is -2.12. The molecule has 0 heterocycles. The van der Waals surface area contributed by atoms with Crippen molar-refractivity contribution in [2.45, 2.75) is 26.7 Å². The number of hydrogen-bond acceptors (Lipinski definition) is 2. The van der Waals surface area contributed by atoms with Crippen LogP contribution >= 0.6 is 0 Å². The van der Waals surface area contributed by atoms with E-state index in [9.17, 15) is 0 Å². The third kappa shape index (κ3) is 4.83. The molecule has 0 fully saturated rings. The maximum absolute atomic E-state index is 3.87. The molecule has 2 N–H and O–H groups in total. The van der Waals surface area contributed by atoms with Gasteiger partial charge in [0.2, 0.25) is 0 Å². The molecule has 0 atom stereocenters. The number of hydrogen-bond donors (Lipinski definition) is 2. The van der Waals surface area contributed by atoms with Gasteiger partial charge in [-0.1, -0.05) is 27.0 Å². The Morgan fingerprint density at radius 3 is 1.50 bits per heavy atom. The Labute approximate surface area is 75.7 Å². The predicted molar refractivity (Wildman–Crippen MR) is 54.9 cm³/mol. The summed E-state index contributed by atoms with van der Waals surface area (Å²) in [5.41, 5.74) is 1.82. The second-order valence-corrected chi connectivity index (χ2v) is 2.81. The summed E-state index contributed by atoms with van der Waals surface area (Å²) in [5, 5.41) is 6.37. The van der Waals surface area contributed by atoms with E-state index in [1.54, 1.807) is 0 Å². The normalized spacial score (nSPS) is 9.17. The van der Waals surface area contributed by atoms with Crippen LogP contribution in [0.1, 0.15) is 26.7 Å². The first-order valence-corrected chi connectivity index (χ1v) is 4.58. The van der Waals surface area contributed by atoms with Crippen LogP contribution in [0.5, 0.6) is 0 Å². The fourth-order valence-corrected chi connectivity index (χ4v) is 0.765. The van der Waals surface area contributed by atoms with E-state index in [4.69, 9.17) is 0 Å². The Morgan fingerprint density at radius 1 is 0.917 bits per heavy atom. The van der Waals surface area contributed by atoms with Gasteiger partial charge in [0.25, 0.3) is 0 Å². The first-order valence-electron chi connectivity index (χ1n) is 4.58. The molecule has 0 spiro atoms. The predicted octanol–water partition coefficient (Wildman–Crippen LogP) is 2.01. The highest BCUT2D eigenvalue weighted by Crippen LogP contribution is 1.96. The summed E-state index contributed by atoms with van der Waals surface area (Å²) in [7, 11) is 0. The second-order valence-electron chi connectivity index (χ2n) is 2.81. The van der Waals surface area contributed by atoms with Crippen LogP contribution in [-0.2, 0) is 0 Å². The molecule has 70 valence electrons. The molecule has 0 aromatic rings. The van der Waals surface area contributed by atoms with Crippen LogP contribution < -0.4 is 10.6 Å². The van der Waals surface area contributed by atoms with Crippen molar-refractivity contribution < 1.29 is 0 Å². The summed E-state index contributed by atoms with van der Waals surface area (Å²) < 4.78 is 0. The summed E-state index contributed by atoms with van der Waals surface area (Å²) in [6.45, 7) is 13.9. The largest absolute Gasteiger partial charge is 0.384 e. The van der Waals surface area contributed by atoms with E-state index in [1.807, 2.05) is 0 Å². The van der Waals surface area contributed by atoms with E-state index in [1.165, 1.54) is 0 Å². The zero-order valence-corrected chi connectivity index (χ0v) is 8.24. The Kier molecular flexibility index (Phi) is 6.25. The first kappa shape index (κ1) is 11.1. The molecule has 0 aliphatic rings. The third-order valence-corrected chi connectivity index (χ3v) is 1.54. The van der Waals surface area contributed by atoms with Gasteiger partial charge in [0, 0.05) is 24.5 Å². The molecule has 0 amide bonds. The van der Waals surface area contributed by atoms with Gasteiger partial charge >= 0.3 is 0 Å². The molecule has 0 bridgehead atoms. The average Bonchev–Trinajstić information content (AvgIpc) is 2.10. The minimum Gasteiger partial charge on any atom is -0.384 e. The fourth-order valence-electron chi connectivity index (χ4n) is 0.765. The zero-order valence-electron chi connectivity index (χ0n) is 8.24. The Hall–Kier alpha value is -0.920. The van der Waals surface area contributed by atoms with Crippen molar-refractivity contribution in [1.82, 2.24) is 10.6 Å². The maximum Gasteiger partial charge on any atom is 0.0496 e. The van der Waals surface area contributed by atoms with Crippen molar-refractivity contribution >= 4 is 0 Å². The van der Waals surface area contributed by atoms with Crippen LogP contribution in [-0.4, -0.2) is 13.1 Å². The van der Waals surface area contributed by atoms with E-state index in [-0.39, 0.29) is 0 Å². The molecule has 0 aliphatic heterocycles. The van der Waals surface area contributed by atoms with Gasteiger partial charge in [0.15, 0.2) is 0 Å². The van der Waals surface area contributed by atoms with Gasteiger partial charge in [-0.05, 0) is 12.8 Å². The Bertz CT molecular complexity index is 132. The van der Waals surface area contributed by atoms with Gasteiger partial charge in [-0.15, -0.1) is 0 Å². The molecule has 0 saturated heterocycles. The van der Waals surface area contributed by atoms with Crippen LogP contribution in [0, 0.1) is 0 Å². The lowest BCUT2D eigenvalue weighted by molar-refractivity contribution is 0.725. The molecule has 2 heteroatoms. The molecular formula is C10H20N2. The fraction of sp³-hybridized carbons (Fsp3) is 0.600. The molecule has 0 aliphatic carbocycles. The van der Waals surface area contributed by atoms with Gasteiger partial charge in [-0.25, -0.2) is 0 Å². The SMILES string of the molecule is C=C(NCCC)C(=C)NCCC. The van der Waals surface area contributed by atoms with Crippen LogP contribution in [0.4, 0.5) is 0 Å². The topological polar surface area (TPSA) is 24.1 Å². The van der Waals surface area contributed by atoms with Crippen molar-refractivity contribution in [2.24, 2.45) is 0 Å². The summed E-state index contributed by atoms with van der Waals surface area (Å²) in [6.07, 6.45) is 2.22. The van der Waals surface area contributed by atoms with E-state index in [2.05, 4.69) is 37.6 Å². The summed E-state index contributed by atoms with van der Waals surface area (Å²) in [6, 6.07) is 0. The lowest BCUT2D eigenvalue weighted by Crippen LogP contribution is -2.23. The molecule has 0 radical (unpaired) electrons. The number of rotatable bonds is 7. The van der Waals surface area contributed by atoms with Gasteiger partial charge in [0.05, 0.1) is 0 Å². The molecule has 0 aromatic heterocycles. The van der Waals surface area contributed by atoms with Crippen LogP contribution in [0.15, 0.2) is 24.6 Å². The summed E-state index contributed by atoms with van der Waals surface area (Å²) in [4.78, 5) is 0. The third-order valence-electron chi connectivity index (χ3n) is 1.54. The molecule has 0 rings (SSSR count). The maximum atomic E-state index is 3.87. The van der Waals surface area contributed by atoms with Crippen LogP contribution in [0.2, 0.25) is 0 Å². The Morgan fingerprint density at radius 2 is 1.25 bits per heavy atom. The molecular weight excluding hydrogens is 148 g/mol. The van der Waals surface area contributed by atoms with E-state index in [0.29, 0.717) is 0 Å². The van der Waals surface area contributed by atoms with Crippen LogP contribution in [0.25, 0.3) is 0 Å². The van der Waals surface area contributed by atoms with Gasteiger partial charge in [0.1, 0.15) is 0 Å². The second kappa shape index (κ2) is 6.77. The molecule has 0 saturated carbocycles. The summed E-state index contributed by atoms with van der Waals surface area (Å²) >= 11 is 0. The molecule has 2 nitrogen and oxygen atoms in total. The van der Waals surface area contributed by atoms with E-state index in [0.717, 1.165) is 37.3 Å². The standard InChI is InChI=1S/C10H20N2/c1-5-7-11-9(3)10(4)12-8-6-2/h11-12H,3-8H2,1-2H3. The molecule has 0 unspecified atom stereocenters. The van der Waals surface area contributed by atoms with Crippen molar-refractivity contribution in [3.63, 3.8) is 0 Å². The molecule has 12 heavy (non-hydrogen) atoms. The lowest BCUT2D eigenvalue weighted by atomic mass is 10.3. The minimum absolute atomic E-state index is 0.908. The minimum atomic E-state index is 0.908.